The molecule has 5 nitrogen and oxygen atoms in total. The van der Waals surface area contributed by atoms with Gasteiger partial charge in [0.25, 0.3) is 0 Å². The van der Waals surface area contributed by atoms with Crippen molar-refractivity contribution in [3.63, 3.8) is 0 Å². The Morgan fingerprint density at radius 3 is 2.35 bits per heavy atom. The van der Waals surface area contributed by atoms with Crippen LogP contribution in [0.3, 0.4) is 0 Å². The van der Waals surface area contributed by atoms with E-state index < -0.39 is 0 Å². The molecule has 0 atom stereocenters. The summed E-state index contributed by atoms with van der Waals surface area (Å²) in [4.78, 5) is 17.4. The third-order valence-electron chi connectivity index (χ3n) is 3.14. The predicted octanol–water partition coefficient (Wildman–Crippen LogP) is 2.09. The van der Waals surface area contributed by atoms with Crippen LogP contribution in [0.15, 0.2) is 18.6 Å². The lowest BCUT2D eigenvalue weighted by Gasteiger charge is -2.12. The summed E-state index contributed by atoms with van der Waals surface area (Å²) in [6.07, 6.45) is 5.93. The van der Waals surface area contributed by atoms with Gasteiger partial charge in [0.05, 0.1) is 6.20 Å². The van der Waals surface area contributed by atoms with Crippen LogP contribution in [0, 0.1) is 13.8 Å². The van der Waals surface area contributed by atoms with Crippen molar-refractivity contribution in [3.05, 3.63) is 35.5 Å². The van der Waals surface area contributed by atoms with Crippen LogP contribution < -0.4 is 5.32 Å². The first-order valence-electron chi connectivity index (χ1n) is 6.92. The Hall–Kier alpha value is -1.88. The van der Waals surface area contributed by atoms with E-state index >= 15 is 0 Å². The van der Waals surface area contributed by atoms with Crippen molar-refractivity contribution < 1.29 is 0 Å². The molecule has 1 N–H and O–H groups in total. The first-order chi connectivity index (χ1) is 9.58. The first kappa shape index (κ1) is 14.5. The monoisotopic (exact) mass is 271 g/mol. The molecule has 20 heavy (non-hydrogen) atoms. The quantitative estimate of drug-likeness (QED) is 0.902. The van der Waals surface area contributed by atoms with Crippen LogP contribution in [0.2, 0.25) is 0 Å². The molecule has 0 bridgehead atoms. The van der Waals surface area contributed by atoms with Crippen LogP contribution >= 0.6 is 0 Å². The molecule has 0 saturated carbocycles. The number of aromatic nitrogens is 4. The fraction of sp³-hybridized carbons (Fsp3) is 0.467. The summed E-state index contributed by atoms with van der Waals surface area (Å²) >= 11 is 0. The Morgan fingerprint density at radius 1 is 1.10 bits per heavy atom. The maximum atomic E-state index is 4.56. The summed E-state index contributed by atoms with van der Waals surface area (Å²) in [5.74, 6) is 0.647. The minimum atomic E-state index is 0.496. The highest BCUT2D eigenvalue weighted by Gasteiger charge is 2.10. The molecule has 2 rings (SSSR count). The van der Waals surface area contributed by atoms with Crippen LogP contribution in [-0.2, 0) is 6.42 Å². The van der Waals surface area contributed by atoms with Crippen molar-refractivity contribution in [2.45, 2.75) is 40.2 Å². The van der Waals surface area contributed by atoms with Gasteiger partial charge >= 0.3 is 0 Å². The van der Waals surface area contributed by atoms with Crippen LogP contribution in [0.25, 0.3) is 11.5 Å². The van der Waals surface area contributed by atoms with Gasteiger partial charge in [-0.25, -0.2) is 15.0 Å². The summed E-state index contributed by atoms with van der Waals surface area (Å²) in [7, 11) is 0. The summed E-state index contributed by atoms with van der Waals surface area (Å²) < 4.78 is 0. The Bertz CT molecular complexity index is 543. The van der Waals surface area contributed by atoms with Crippen LogP contribution in [0.4, 0.5) is 0 Å². The summed E-state index contributed by atoms with van der Waals surface area (Å²) in [5.41, 5.74) is 3.96. The van der Waals surface area contributed by atoms with Crippen molar-refractivity contribution in [1.82, 2.24) is 25.3 Å². The molecule has 2 aromatic heterocycles. The Morgan fingerprint density at radius 2 is 1.80 bits per heavy atom. The molecular formula is C15H21N5. The normalized spacial score (nSPS) is 11.1. The van der Waals surface area contributed by atoms with E-state index in [-0.39, 0.29) is 0 Å². The minimum Gasteiger partial charge on any atom is -0.314 e. The fourth-order valence-corrected chi connectivity index (χ4v) is 2.12. The van der Waals surface area contributed by atoms with Crippen molar-refractivity contribution in [2.24, 2.45) is 0 Å². The lowest BCUT2D eigenvalue weighted by Crippen LogP contribution is -2.25. The number of hydrogen-bond donors (Lipinski definition) is 1. The van der Waals surface area contributed by atoms with E-state index in [0.29, 0.717) is 17.6 Å². The van der Waals surface area contributed by atoms with Gasteiger partial charge in [0.15, 0.2) is 5.82 Å². The lowest BCUT2D eigenvalue weighted by molar-refractivity contribution is 0.587. The van der Waals surface area contributed by atoms with Gasteiger partial charge < -0.3 is 5.32 Å². The highest BCUT2D eigenvalue weighted by Crippen LogP contribution is 2.16. The van der Waals surface area contributed by atoms with E-state index in [9.17, 15) is 0 Å². The second-order valence-corrected chi connectivity index (χ2v) is 5.15. The van der Waals surface area contributed by atoms with E-state index in [1.807, 2.05) is 13.8 Å². The third kappa shape index (κ3) is 3.57. The van der Waals surface area contributed by atoms with Crippen molar-refractivity contribution >= 4 is 0 Å². The molecule has 2 heterocycles. The smallest absolute Gasteiger partial charge is 0.180 e. The van der Waals surface area contributed by atoms with Crippen molar-refractivity contribution in [3.8, 4) is 11.5 Å². The van der Waals surface area contributed by atoms with Crippen molar-refractivity contribution in [2.75, 3.05) is 6.54 Å². The fourth-order valence-electron chi connectivity index (χ4n) is 2.12. The zero-order chi connectivity index (χ0) is 14.5. The third-order valence-corrected chi connectivity index (χ3v) is 3.14. The number of nitrogens with one attached hydrogen (secondary N) is 1. The largest absolute Gasteiger partial charge is 0.314 e. The minimum absolute atomic E-state index is 0.496. The number of aryl methyl sites for hydroxylation is 2. The predicted molar refractivity (Wildman–Crippen MR) is 79.4 cm³/mol. The molecule has 0 aromatic carbocycles. The molecule has 0 amide bonds. The molecule has 5 heteroatoms. The summed E-state index contributed by atoms with van der Waals surface area (Å²) in [6.45, 7) is 9.28. The molecule has 0 spiro atoms. The number of nitrogens with zero attached hydrogens (tertiary/aromatic N) is 4. The Kier molecular flexibility index (Phi) is 4.74. The first-order valence-corrected chi connectivity index (χ1v) is 6.92. The molecule has 2 aromatic rings. The summed E-state index contributed by atoms with van der Waals surface area (Å²) in [6, 6.07) is 0.496. The molecule has 0 radical (unpaired) electrons. The topological polar surface area (TPSA) is 63.6 Å². The molecule has 106 valence electrons. The van der Waals surface area contributed by atoms with E-state index in [0.717, 1.165) is 24.4 Å². The lowest BCUT2D eigenvalue weighted by atomic mass is 10.1. The second kappa shape index (κ2) is 6.52. The van der Waals surface area contributed by atoms with Gasteiger partial charge in [-0.2, -0.15) is 0 Å². The molecule has 0 aliphatic rings. The van der Waals surface area contributed by atoms with Crippen LogP contribution in [0.5, 0.6) is 0 Å². The summed E-state index contributed by atoms with van der Waals surface area (Å²) in [5, 5.41) is 3.42. The van der Waals surface area contributed by atoms with Gasteiger partial charge in [-0.15, -0.1) is 0 Å². The van der Waals surface area contributed by atoms with Gasteiger partial charge in [0.2, 0.25) is 0 Å². The van der Waals surface area contributed by atoms with Gasteiger partial charge in [-0.05, 0) is 32.4 Å². The van der Waals surface area contributed by atoms with Gasteiger partial charge in [-0.1, -0.05) is 13.8 Å². The number of hydrogen-bond acceptors (Lipinski definition) is 5. The van der Waals surface area contributed by atoms with Gasteiger partial charge in [0, 0.05) is 29.8 Å². The van der Waals surface area contributed by atoms with Crippen LogP contribution in [0.1, 0.15) is 30.8 Å². The molecule has 0 unspecified atom stereocenters. The van der Waals surface area contributed by atoms with Crippen molar-refractivity contribution in [1.29, 1.82) is 0 Å². The molecule has 0 aliphatic carbocycles. The van der Waals surface area contributed by atoms with E-state index in [1.165, 1.54) is 5.56 Å². The molecule has 0 aliphatic heterocycles. The van der Waals surface area contributed by atoms with E-state index in [1.54, 1.807) is 18.6 Å². The van der Waals surface area contributed by atoms with Crippen LogP contribution in [-0.4, -0.2) is 32.5 Å². The van der Waals surface area contributed by atoms with E-state index in [2.05, 4.69) is 39.1 Å². The maximum absolute atomic E-state index is 4.56. The average Bonchev–Trinajstić information content (AvgIpc) is 2.42. The highest BCUT2D eigenvalue weighted by atomic mass is 14.9. The maximum Gasteiger partial charge on any atom is 0.180 e. The Balaban J connectivity index is 2.21. The standard InChI is InChI=1S/C15H21N5/c1-10(2)17-6-5-13-11(3)19-15(20-12(13)4)14-9-16-7-8-18-14/h7-10,17H,5-6H2,1-4H3. The van der Waals surface area contributed by atoms with Gasteiger partial charge in [0.1, 0.15) is 5.69 Å². The van der Waals surface area contributed by atoms with Gasteiger partial charge in [-0.3, -0.25) is 4.98 Å². The molecule has 0 fully saturated rings. The SMILES string of the molecule is Cc1nc(-c2cnccn2)nc(C)c1CCNC(C)C. The zero-order valence-corrected chi connectivity index (χ0v) is 12.5. The van der Waals surface area contributed by atoms with E-state index in [4.69, 9.17) is 0 Å². The molecular weight excluding hydrogens is 250 g/mol. The zero-order valence-electron chi connectivity index (χ0n) is 12.5. The highest BCUT2D eigenvalue weighted by molar-refractivity contribution is 5.48. The Labute approximate surface area is 119 Å². The number of rotatable bonds is 5. The average molecular weight is 271 g/mol. The second-order valence-electron chi connectivity index (χ2n) is 5.15. The molecule has 0 saturated heterocycles.